The Morgan fingerprint density at radius 3 is 1.59 bits per heavy atom. The highest BCUT2D eigenvalue weighted by molar-refractivity contribution is 6.30. The van der Waals surface area contributed by atoms with Crippen molar-refractivity contribution in [3.8, 4) is 22.3 Å². The molecule has 1 aliphatic heterocycles. The smallest absolute Gasteiger partial charge is 0.0641 e. The summed E-state index contributed by atoms with van der Waals surface area (Å²) in [5.41, 5.74) is 26.7. The molecule has 1 unspecified atom stereocenters. The molecule has 1 atom stereocenters. The third kappa shape index (κ3) is 5.33. The number of allylic oxidation sites excluding steroid dienone is 4. The summed E-state index contributed by atoms with van der Waals surface area (Å²) in [6.07, 6.45) is 7.97. The highest BCUT2D eigenvalue weighted by Crippen LogP contribution is 2.58. The molecule has 0 fully saturated rings. The fourth-order valence-corrected chi connectivity index (χ4v) is 14.9. The maximum atomic E-state index is 2.70. The van der Waals surface area contributed by atoms with Crippen molar-refractivity contribution in [1.82, 2.24) is 8.97 Å². The first-order valence-electron chi connectivity index (χ1n) is 27.0. The van der Waals surface area contributed by atoms with Crippen molar-refractivity contribution in [1.29, 1.82) is 0 Å². The normalized spacial score (nSPS) is 16.2. The predicted molar refractivity (Wildman–Crippen MR) is 319 cm³/mol. The number of hydrogen-bond acceptors (Lipinski definition) is 2. The molecule has 4 heterocycles. The first-order chi connectivity index (χ1) is 37.3. The topological polar surface area (TPSA) is 15.8 Å². The Hall–Kier alpha value is -9.12. The van der Waals surface area contributed by atoms with Crippen molar-refractivity contribution in [2.45, 2.75) is 51.0 Å². The number of aromatic nitrogens is 2. The van der Waals surface area contributed by atoms with E-state index in [1.54, 1.807) is 0 Å². The molecule has 17 rings (SSSR count). The van der Waals surface area contributed by atoms with E-state index in [0.717, 1.165) is 23.5 Å². The molecule has 0 N–H and O–H groups in total. The van der Waals surface area contributed by atoms with Gasteiger partial charge in [0, 0.05) is 71.5 Å². The molecule has 10 aromatic carbocycles. The Balaban J connectivity index is 0.894. The summed E-state index contributed by atoms with van der Waals surface area (Å²) in [5.74, 6) is 0. The van der Waals surface area contributed by atoms with Crippen LogP contribution in [0.1, 0.15) is 68.0 Å². The summed E-state index contributed by atoms with van der Waals surface area (Å²) in [5, 5.41) is 7.68. The SMILES string of the molecule is CC1(C)c2ccccc2-c2ccc(N(c3ccccc3)c3ccc4c5cc6c(cc5n5c4c3C3=CC=CCC35)c3ccc(N(c4ccccc4)c4ccc5c(c4)C(C)(C)c4ccccc4-5)c4c5ccccc5n6c34)cc21. The average molecular weight is 973 g/mol. The lowest BCUT2D eigenvalue weighted by molar-refractivity contribution is 0.660. The lowest BCUT2D eigenvalue weighted by Gasteiger charge is -2.30. The van der Waals surface area contributed by atoms with Gasteiger partial charge in [0.1, 0.15) is 0 Å². The van der Waals surface area contributed by atoms with Crippen LogP contribution in [-0.4, -0.2) is 8.97 Å². The molecule has 3 aliphatic carbocycles. The number of rotatable bonds is 6. The van der Waals surface area contributed by atoms with Gasteiger partial charge in [-0.15, -0.1) is 0 Å². The van der Waals surface area contributed by atoms with Gasteiger partial charge in [0.05, 0.1) is 45.0 Å². The zero-order valence-corrected chi connectivity index (χ0v) is 42.9. The van der Waals surface area contributed by atoms with Crippen LogP contribution in [0.5, 0.6) is 0 Å². The van der Waals surface area contributed by atoms with Crippen LogP contribution in [0.3, 0.4) is 0 Å². The minimum atomic E-state index is -0.125. The fraction of sp³-hybridized carbons (Fsp3) is 0.111. The monoisotopic (exact) mass is 972 g/mol. The van der Waals surface area contributed by atoms with Crippen molar-refractivity contribution < 1.29 is 0 Å². The van der Waals surface area contributed by atoms with Crippen molar-refractivity contribution in [3.63, 3.8) is 0 Å². The number of hydrogen-bond donors (Lipinski definition) is 0. The van der Waals surface area contributed by atoms with Crippen molar-refractivity contribution in [3.05, 3.63) is 252 Å². The standard InChI is InChI=1S/C72H52N4/c1-71(2)57-27-15-11-23-47(57)49-33-31-45(39-59(49)71)73(43-19-7-5-8-20-43)63-37-35-51-55-41-66-56(42-65(55)75-61-29-17-13-25-53(61)67(63)69(51)75)52-36-38-64(68-54-26-14-18-30-62(54)76(66)70(52)68)74(44-21-9-6-10-22-44)46-32-34-50-48-24-12-16-28-58(48)72(3,4)60(50)40-46/h5-29,31-42,62H,30H2,1-4H3. The van der Waals surface area contributed by atoms with E-state index >= 15 is 0 Å². The van der Waals surface area contributed by atoms with Gasteiger partial charge in [0.25, 0.3) is 0 Å². The largest absolute Gasteiger partial charge is 0.332 e. The van der Waals surface area contributed by atoms with E-state index < -0.39 is 0 Å². The molecule has 4 aliphatic rings. The van der Waals surface area contributed by atoms with E-state index in [0.29, 0.717) is 0 Å². The maximum Gasteiger partial charge on any atom is 0.0641 e. The molecule has 0 radical (unpaired) electrons. The summed E-state index contributed by atoms with van der Waals surface area (Å²) in [6.45, 7) is 9.52. The lowest BCUT2D eigenvalue weighted by Crippen LogP contribution is -2.17. The summed E-state index contributed by atoms with van der Waals surface area (Å²) < 4.78 is 5.28. The Morgan fingerprint density at radius 1 is 0.408 bits per heavy atom. The average Bonchev–Trinajstić information content (AvgIpc) is 4.46. The first-order valence-corrected chi connectivity index (χ1v) is 27.0. The number of benzene rings is 10. The number of para-hydroxylation sites is 3. The van der Waals surface area contributed by atoms with Crippen molar-refractivity contribution in [2.75, 3.05) is 9.80 Å². The van der Waals surface area contributed by atoms with Crippen LogP contribution >= 0.6 is 0 Å². The zero-order chi connectivity index (χ0) is 50.3. The Bertz CT molecular complexity index is 4730. The van der Waals surface area contributed by atoms with E-state index in [-0.39, 0.29) is 16.9 Å². The Morgan fingerprint density at radius 2 is 0.934 bits per heavy atom. The minimum Gasteiger partial charge on any atom is -0.332 e. The molecule has 0 spiro atoms. The van der Waals surface area contributed by atoms with Gasteiger partial charge in [0.15, 0.2) is 0 Å². The molecular formula is C72H52N4. The van der Waals surface area contributed by atoms with Crippen LogP contribution in [0.25, 0.3) is 87.7 Å². The van der Waals surface area contributed by atoms with Crippen LogP contribution in [0.2, 0.25) is 0 Å². The van der Waals surface area contributed by atoms with Gasteiger partial charge in [-0.1, -0.05) is 173 Å². The van der Waals surface area contributed by atoms with Gasteiger partial charge in [-0.05, 0) is 135 Å². The second kappa shape index (κ2) is 14.8. The molecule has 0 saturated heterocycles. The molecule has 360 valence electrons. The summed E-state index contributed by atoms with van der Waals surface area (Å²) >= 11 is 0. The molecule has 0 bridgehead atoms. The third-order valence-electron chi connectivity index (χ3n) is 18.3. The van der Waals surface area contributed by atoms with Crippen LogP contribution in [0.4, 0.5) is 34.1 Å². The second-order valence-electron chi connectivity index (χ2n) is 22.8. The van der Waals surface area contributed by atoms with Gasteiger partial charge < -0.3 is 18.8 Å². The molecule has 0 saturated carbocycles. The molecule has 0 amide bonds. The van der Waals surface area contributed by atoms with E-state index in [1.807, 2.05) is 0 Å². The number of anilines is 6. The zero-order valence-electron chi connectivity index (χ0n) is 42.9. The van der Waals surface area contributed by atoms with E-state index in [9.17, 15) is 0 Å². The minimum absolute atomic E-state index is 0.120. The molecule has 4 heteroatoms. The summed E-state index contributed by atoms with van der Waals surface area (Å²) in [6, 6.07) is 78.2. The molecular weight excluding hydrogens is 921 g/mol. The second-order valence-corrected chi connectivity index (χ2v) is 22.8. The Labute approximate surface area is 441 Å². The number of nitrogens with zero attached hydrogens (tertiary/aromatic N) is 4. The van der Waals surface area contributed by atoms with Crippen LogP contribution < -0.4 is 9.80 Å². The van der Waals surface area contributed by atoms with Crippen LogP contribution in [0.15, 0.2) is 224 Å². The Kier molecular flexibility index (Phi) is 8.23. The van der Waals surface area contributed by atoms with Crippen LogP contribution in [0, 0.1) is 0 Å². The van der Waals surface area contributed by atoms with Gasteiger partial charge >= 0.3 is 0 Å². The van der Waals surface area contributed by atoms with E-state index in [2.05, 4.69) is 271 Å². The predicted octanol–water partition coefficient (Wildman–Crippen LogP) is 19.4. The first kappa shape index (κ1) is 42.3. The van der Waals surface area contributed by atoms with E-state index in [1.165, 1.54) is 133 Å². The van der Waals surface area contributed by atoms with Gasteiger partial charge in [-0.25, -0.2) is 0 Å². The molecule has 4 nitrogen and oxygen atoms in total. The van der Waals surface area contributed by atoms with Gasteiger partial charge in [-0.2, -0.15) is 0 Å². The molecule has 3 aromatic heterocycles. The van der Waals surface area contributed by atoms with Gasteiger partial charge in [-0.3, -0.25) is 0 Å². The highest BCUT2D eigenvalue weighted by atomic mass is 15.2. The van der Waals surface area contributed by atoms with Gasteiger partial charge in [0.2, 0.25) is 0 Å². The summed E-state index contributed by atoms with van der Waals surface area (Å²) in [4.78, 5) is 5.03. The third-order valence-corrected chi connectivity index (χ3v) is 18.3. The number of fused-ring (bicyclic) bond motifs is 18. The summed E-state index contributed by atoms with van der Waals surface area (Å²) in [7, 11) is 0. The van der Waals surface area contributed by atoms with Crippen molar-refractivity contribution >= 4 is 99.6 Å². The molecule has 76 heavy (non-hydrogen) atoms. The fourth-order valence-electron chi connectivity index (χ4n) is 14.9. The highest BCUT2D eigenvalue weighted by Gasteiger charge is 2.40. The van der Waals surface area contributed by atoms with Crippen LogP contribution in [-0.2, 0) is 10.8 Å². The quantitative estimate of drug-likeness (QED) is 0.165. The maximum absolute atomic E-state index is 2.70. The lowest BCUT2D eigenvalue weighted by atomic mass is 9.82. The van der Waals surface area contributed by atoms with E-state index in [4.69, 9.17) is 0 Å². The molecule has 13 aromatic rings. The van der Waals surface area contributed by atoms with Crippen molar-refractivity contribution in [2.24, 2.45) is 0 Å².